The standard InChI is InChI=1S/C38H41Br/c1-3-5-7-13-24-38(25-14-8-6-4-2)34-21-12-11-18-30(34)32-22-23-35(39)36(37(32)38)31-20-15-19-29-28-17-10-9-16-27(28)26-33(29)31/h9-12,15-23H,3-8,13-14,24-26H2,1-2H3. The fourth-order valence-electron chi connectivity index (χ4n) is 7.57. The summed E-state index contributed by atoms with van der Waals surface area (Å²) in [7, 11) is 0. The smallest absolute Gasteiger partial charge is 0.0257 e. The maximum Gasteiger partial charge on any atom is 0.0257 e. The first-order valence-corrected chi connectivity index (χ1v) is 16.1. The van der Waals surface area contributed by atoms with Crippen molar-refractivity contribution in [2.45, 2.75) is 89.9 Å². The van der Waals surface area contributed by atoms with E-state index in [0.717, 1.165) is 6.42 Å². The second-order valence-corrected chi connectivity index (χ2v) is 12.6. The summed E-state index contributed by atoms with van der Waals surface area (Å²) in [6, 6.07) is 30.1. The molecule has 0 fully saturated rings. The van der Waals surface area contributed by atoms with E-state index in [1.54, 1.807) is 11.1 Å². The SMILES string of the molecule is CCCCCCC1(CCCCCC)c2ccccc2-c2ccc(Br)c(-c3cccc4c3Cc3ccccc3-4)c21. The third-order valence-corrected chi connectivity index (χ3v) is 10.1. The van der Waals surface area contributed by atoms with Gasteiger partial charge in [0.25, 0.3) is 0 Å². The first kappa shape index (κ1) is 26.6. The number of unbranched alkanes of at least 4 members (excludes halogenated alkanes) is 6. The van der Waals surface area contributed by atoms with Crippen molar-refractivity contribution in [3.05, 3.63) is 106 Å². The zero-order chi connectivity index (χ0) is 26.8. The number of fused-ring (bicyclic) bond motifs is 6. The molecule has 2 aliphatic carbocycles. The molecule has 0 heterocycles. The molecule has 0 N–H and O–H groups in total. The maximum absolute atomic E-state index is 4.11. The van der Waals surface area contributed by atoms with Crippen LogP contribution in [-0.4, -0.2) is 0 Å². The van der Waals surface area contributed by atoms with E-state index in [9.17, 15) is 0 Å². The third kappa shape index (κ3) is 4.61. The van der Waals surface area contributed by atoms with Gasteiger partial charge in [-0.3, -0.25) is 0 Å². The van der Waals surface area contributed by atoms with E-state index < -0.39 is 0 Å². The van der Waals surface area contributed by atoms with Crippen molar-refractivity contribution in [2.75, 3.05) is 0 Å². The Kier molecular flexibility index (Phi) is 7.81. The lowest BCUT2D eigenvalue weighted by molar-refractivity contribution is 0.401. The summed E-state index contributed by atoms with van der Waals surface area (Å²) in [6.07, 6.45) is 13.9. The van der Waals surface area contributed by atoms with Crippen LogP contribution < -0.4 is 0 Å². The number of hydrogen-bond donors (Lipinski definition) is 0. The van der Waals surface area contributed by atoms with E-state index in [0.29, 0.717) is 0 Å². The molecule has 0 nitrogen and oxygen atoms in total. The topological polar surface area (TPSA) is 0 Å². The number of benzene rings is 4. The van der Waals surface area contributed by atoms with Gasteiger partial charge in [0.2, 0.25) is 0 Å². The number of rotatable bonds is 11. The lowest BCUT2D eigenvalue weighted by Crippen LogP contribution is -2.26. The summed E-state index contributed by atoms with van der Waals surface area (Å²) in [5.41, 5.74) is 14.8. The van der Waals surface area contributed by atoms with Crippen LogP contribution in [-0.2, 0) is 11.8 Å². The summed E-state index contributed by atoms with van der Waals surface area (Å²) < 4.78 is 1.24. The van der Waals surface area contributed by atoms with Gasteiger partial charge in [-0.15, -0.1) is 0 Å². The van der Waals surface area contributed by atoms with E-state index in [-0.39, 0.29) is 5.41 Å². The molecular weight excluding hydrogens is 536 g/mol. The molecule has 0 aliphatic heterocycles. The van der Waals surface area contributed by atoms with Crippen LogP contribution in [0.15, 0.2) is 83.3 Å². The lowest BCUT2D eigenvalue weighted by atomic mass is 9.68. The highest BCUT2D eigenvalue weighted by Gasteiger charge is 2.44. The zero-order valence-electron chi connectivity index (χ0n) is 23.7. The number of halogens is 1. The second-order valence-electron chi connectivity index (χ2n) is 11.8. The lowest BCUT2D eigenvalue weighted by Gasteiger charge is -2.35. The van der Waals surface area contributed by atoms with Crippen LogP contribution in [0, 0.1) is 0 Å². The van der Waals surface area contributed by atoms with Gasteiger partial charge in [0.05, 0.1) is 0 Å². The molecule has 0 spiro atoms. The Morgan fingerprint density at radius 3 is 1.97 bits per heavy atom. The van der Waals surface area contributed by atoms with E-state index in [1.807, 2.05) is 0 Å². The Morgan fingerprint density at radius 1 is 0.590 bits per heavy atom. The summed E-state index contributed by atoms with van der Waals surface area (Å²) in [5, 5.41) is 0. The third-order valence-electron chi connectivity index (χ3n) is 9.40. The maximum atomic E-state index is 4.11. The van der Waals surface area contributed by atoms with Crippen LogP contribution >= 0.6 is 15.9 Å². The predicted molar refractivity (Wildman–Crippen MR) is 172 cm³/mol. The van der Waals surface area contributed by atoms with Crippen molar-refractivity contribution < 1.29 is 0 Å². The normalized spacial score (nSPS) is 14.1. The molecule has 0 atom stereocenters. The fourth-order valence-corrected chi connectivity index (χ4v) is 8.12. The van der Waals surface area contributed by atoms with Gasteiger partial charge in [-0.25, -0.2) is 0 Å². The van der Waals surface area contributed by atoms with E-state index in [4.69, 9.17) is 0 Å². The fraction of sp³-hybridized carbons (Fsp3) is 0.368. The van der Waals surface area contributed by atoms with Gasteiger partial charge in [-0.2, -0.15) is 0 Å². The monoisotopic (exact) mass is 576 g/mol. The Labute approximate surface area is 244 Å². The molecule has 39 heavy (non-hydrogen) atoms. The van der Waals surface area contributed by atoms with E-state index >= 15 is 0 Å². The van der Waals surface area contributed by atoms with Crippen molar-refractivity contribution in [3.63, 3.8) is 0 Å². The second kappa shape index (κ2) is 11.5. The molecule has 0 saturated carbocycles. The van der Waals surface area contributed by atoms with Gasteiger partial charge < -0.3 is 0 Å². The average molecular weight is 578 g/mol. The molecule has 0 unspecified atom stereocenters. The van der Waals surface area contributed by atoms with Gasteiger partial charge >= 0.3 is 0 Å². The average Bonchev–Trinajstić information content (AvgIpc) is 3.48. The van der Waals surface area contributed by atoms with Crippen LogP contribution in [0.3, 0.4) is 0 Å². The molecule has 4 aromatic carbocycles. The van der Waals surface area contributed by atoms with Crippen molar-refractivity contribution in [1.82, 2.24) is 0 Å². The largest absolute Gasteiger partial charge is 0.0654 e. The Hall–Kier alpha value is -2.64. The molecule has 0 aromatic heterocycles. The molecule has 0 amide bonds. The van der Waals surface area contributed by atoms with Crippen LogP contribution in [0.4, 0.5) is 0 Å². The molecule has 200 valence electrons. The van der Waals surface area contributed by atoms with Gasteiger partial charge in [-0.05, 0) is 75.4 Å². The van der Waals surface area contributed by atoms with Crippen molar-refractivity contribution >= 4 is 15.9 Å². The summed E-state index contributed by atoms with van der Waals surface area (Å²) in [6.45, 7) is 4.65. The van der Waals surface area contributed by atoms with E-state index in [2.05, 4.69) is 109 Å². The van der Waals surface area contributed by atoms with Gasteiger partial charge in [-0.1, -0.05) is 154 Å². The van der Waals surface area contributed by atoms with Crippen LogP contribution in [0.1, 0.15) is 100 Å². The molecule has 4 aromatic rings. The van der Waals surface area contributed by atoms with E-state index in [1.165, 1.54) is 113 Å². The van der Waals surface area contributed by atoms with Crippen molar-refractivity contribution in [2.24, 2.45) is 0 Å². The first-order chi connectivity index (χ1) is 19.2. The number of hydrogen-bond acceptors (Lipinski definition) is 0. The molecule has 1 heteroatoms. The Morgan fingerprint density at radius 2 is 1.23 bits per heavy atom. The molecule has 2 aliphatic rings. The van der Waals surface area contributed by atoms with Gasteiger partial charge in [0.1, 0.15) is 0 Å². The van der Waals surface area contributed by atoms with Crippen molar-refractivity contribution in [3.8, 4) is 33.4 Å². The first-order valence-electron chi connectivity index (χ1n) is 15.3. The Bertz CT molecular complexity index is 1460. The molecule has 0 saturated heterocycles. The zero-order valence-corrected chi connectivity index (χ0v) is 25.2. The highest BCUT2D eigenvalue weighted by molar-refractivity contribution is 9.10. The van der Waals surface area contributed by atoms with Crippen LogP contribution in [0.5, 0.6) is 0 Å². The minimum atomic E-state index is 0.0701. The molecule has 6 rings (SSSR count). The predicted octanol–water partition coefficient (Wildman–Crippen LogP) is 11.9. The molecule has 0 bridgehead atoms. The summed E-state index contributed by atoms with van der Waals surface area (Å²) >= 11 is 4.11. The molecular formula is C38H41Br. The quantitative estimate of drug-likeness (QED) is 0.137. The van der Waals surface area contributed by atoms with Crippen molar-refractivity contribution in [1.29, 1.82) is 0 Å². The minimum absolute atomic E-state index is 0.0701. The van der Waals surface area contributed by atoms with Crippen LogP contribution in [0.25, 0.3) is 33.4 Å². The Balaban J connectivity index is 1.56. The minimum Gasteiger partial charge on any atom is -0.0654 e. The van der Waals surface area contributed by atoms with Crippen LogP contribution in [0.2, 0.25) is 0 Å². The summed E-state index contributed by atoms with van der Waals surface area (Å²) in [4.78, 5) is 0. The van der Waals surface area contributed by atoms with Gasteiger partial charge in [0, 0.05) is 15.5 Å². The summed E-state index contributed by atoms with van der Waals surface area (Å²) in [5.74, 6) is 0. The van der Waals surface area contributed by atoms with Gasteiger partial charge in [0.15, 0.2) is 0 Å². The highest BCUT2D eigenvalue weighted by atomic mass is 79.9. The highest BCUT2D eigenvalue weighted by Crippen LogP contribution is 2.59. The molecule has 0 radical (unpaired) electrons.